The van der Waals surface area contributed by atoms with Crippen LogP contribution in [0.3, 0.4) is 0 Å². The molecule has 13 heteroatoms. The van der Waals surface area contributed by atoms with Crippen molar-refractivity contribution in [1.82, 2.24) is 15.1 Å². The first-order valence-electron chi connectivity index (χ1n) is 9.04. The van der Waals surface area contributed by atoms with Gasteiger partial charge in [0.05, 0.1) is 13.2 Å². The predicted octanol–water partition coefficient (Wildman–Crippen LogP) is -2.14. The Balaban J connectivity index is 1.56. The highest BCUT2D eigenvalue weighted by Crippen LogP contribution is 2.42. The van der Waals surface area contributed by atoms with Crippen LogP contribution in [0, 0.1) is 0 Å². The van der Waals surface area contributed by atoms with Gasteiger partial charge in [-0.15, -0.1) is 23.5 Å². The lowest BCUT2D eigenvalue weighted by Gasteiger charge is -2.51. The number of carboxylic acids is 1. The Morgan fingerprint density at radius 2 is 1.77 bits per heavy atom. The van der Waals surface area contributed by atoms with Crippen molar-refractivity contribution in [3.63, 3.8) is 0 Å². The molecule has 4 heterocycles. The molecule has 4 rings (SSSR count). The summed E-state index contributed by atoms with van der Waals surface area (Å²) in [6.45, 7) is -0.317. The summed E-state index contributed by atoms with van der Waals surface area (Å²) in [5, 5.41) is 20.5. The zero-order valence-corrected chi connectivity index (χ0v) is 17.5. The minimum Gasteiger partial charge on any atom is -0.477 e. The standard InChI is InChI=1S/C17H20N4O7S2/c1-28-3-7-5-29-15-8(18)13(24)20(15)10(7)12(23)19-9-14(25)21-11(17(26)27)6(2-22)4-30-16(9)21/h8-9,15-16,22H,2-5,18H2,1H3,(H,19,23)(H,26,27)/t8?,9?,15-,16-/m1/s1. The monoisotopic (exact) mass is 456 g/mol. The van der Waals surface area contributed by atoms with Crippen LogP contribution in [0.2, 0.25) is 0 Å². The van der Waals surface area contributed by atoms with E-state index in [-0.39, 0.29) is 40.6 Å². The highest BCUT2D eigenvalue weighted by Gasteiger charge is 2.56. The number of ether oxygens (including phenoxy) is 1. The molecule has 0 aromatic rings. The number of methoxy groups -OCH3 is 1. The van der Waals surface area contributed by atoms with E-state index in [1.165, 1.54) is 35.5 Å². The number of carbonyl (C=O) groups is 4. The summed E-state index contributed by atoms with van der Waals surface area (Å²) < 4.78 is 5.15. The molecular weight excluding hydrogens is 436 g/mol. The molecule has 0 radical (unpaired) electrons. The molecule has 0 aromatic carbocycles. The molecule has 0 saturated carbocycles. The highest BCUT2D eigenvalue weighted by molar-refractivity contribution is 8.00. The van der Waals surface area contributed by atoms with E-state index >= 15 is 0 Å². The summed E-state index contributed by atoms with van der Waals surface area (Å²) in [6, 6.07) is -1.62. The van der Waals surface area contributed by atoms with Gasteiger partial charge in [0, 0.05) is 18.6 Å². The number of thioether (sulfide) groups is 2. The molecule has 30 heavy (non-hydrogen) atoms. The van der Waals surface area contributed by atoms with E-state index in [9.17, 15) is 29.4 Å². The number of aliphatic hydroxyl groups excluding tert-OH is 1. The van der Waals surface area contributed by atoms with Gasteiger partial charge in [0.2, 0.25) is 5.91 Å². The van der Waals surface area contributed by atoms with Crippen LogP contribution in [0.25, 0.3) is 0 Å². The van der Waals surface area contributed by atoms with E-state index in [0.29, 0.717) is 11.3 Å². The number of carboxylic acid groups (broad SMARTS) is 1. The van der Waals surface area contributed by atoms with Crippen LogP contribution >= 0.6 is 23.5 Å². The van der Waals surface area contributed by atoms with Crippen molar-refractivity contribution >= 4 is 47.2 Å². The van der Waals surface area contributed by atoms with Crippen molar-refractivity contribution in [2.24, 2.45) is 5.73 Å². The molecule has 2 fully saturated rings. The van der Waals surface area contributed by atoms with Crippen LogP contribution in [0.4, 0.5) is 0 Å². The lowest BCUT2D eigenvalue weighted by atomic mass is 10.0. The maximum absolute atomic E-state index is 13.1. The lowest BCUT2D eigenvalue weighted by Crippen LogP contribution is -2.72. The summed E-state index contributed by atoms with van der Waals surface area (Å²) in [7, 11) is 1.48. The first-order chi connectivity index (χ1) is 14.3. The fraction of sp³-hybridized carbons (Fsp3) is 0.529. The fourth-order valence-corrected chi connectivity index (χ4v) is 6.50. The molecule has 0 spiro atoms. The van der Waals surface area contributed by atoms with E-state index in [4.69, 9.17) is 10.5 Å². The smallest absolute Gasteiger partial charge is 0.352 e. The van der Waals surface area contributed by atoms with Gasteiger partial charge in [-0.3, -0.25) is 24.2 Å². The first-order valence-corrected chi connectivity index (χ1v) is 11.1. The normalized spacial score (nSPS) is 30.5. The second kappa shape index (κ2) is 7.89. The number of rotatable bonds is 6. The van der Waals surface area contributed by atoms with Crippen molar-refractivity contribution in [2.45, 2.75) is 22.8 Å². The number of amides is 3. The average molecular weight is 457 g/mol. The molecule has 2 unspecified atom stereocenters. The van der Waals surface area contributed by atoms with E-state index in [1.54, 1.807) is 0 Å². The molecule has 0 aliphatic carbocycles. The van der Waals surface area contributed by atoms with Crippen molar-refractivity contribution in [3.05, 3.63) is 22.5 Å². The molecule has 11 nitrogen and oxygen atoms in total. The Labute approximate surface area is 179 Å². The minimum atomic E-state index is -1.31. The van der Waals surface area contributed by atoms with Gasteiger partial charge in [-0.1, -0.05) is 0 Å². The number of nitrogens with one attached hydrogen (secondary N) is 1. The Bertz CT molecular complexity index is 905. The number of fused-ring (bicyclic) bond motifs is 2. The van der Waals surface area contributed by atoms with Gasteiger partial charge in [0.15, 0.2) is 0 Å². The summed E-state index contributed by atoms with van der Waals surface area (Å²) >= 11 is 2.70. The van der Waals surface area contributed by atoms with Gasteiger partial charge in [0.1, 0.15) is 34.2 Å². The molecule has 3 amide bonds. The zero-order valence-electron chi connectivity index (χ0n) is 15.9. The molecule has 5 N–H and O–H groups in total. The number of aliphatic hydroxyl groups is 1. The van der Waals surface area contributed by atoms with Gasteiger partial charge in [-0.2, -0.15) is 0 Å². The topological polar surface area (TPSA) is 163 Å². The summed E-state index contributed by atoms with van der Waals surface area (Å²) in [5.41, 5.74) is 6.60. The van der Waals surface area contributed by atoms with Crippen molar-refractivity contribution < 1.29 is 34.1 Å². The van der Waals surface area contributed by atoms with Crippen LogP contribution in [-0.4, -0.2) is 98.4 Å². The summed E-state index contributed by atoms with van der Waals surface area (Å²) in [4.78, 5) is 52.0. The van der Waals surface area contributed by atoms with Crippen LogP contribution in [0.1, 0.15) is 0 Å². The predicted molar refractivity (Wildman–Crippen MR) is 107 cm³/mol. The number of carbonyl (C=O) groups excluding carboxylic acids is 3. The molecule has 0 aromatic heterocycles. The Hall–Kier alpha value is -2.06. The molecule has 4 aliphatic rings. The maximum atomic E-state index is 13.1. The van der Waals surface area contributed by atoms with E-state index in [1.807, 2.05) is 0 Å². The van der Waals surface area contributed by atoms with E-state index < -0.39 is 41.8 Å². The van der Waals surface area contributed by atoms with Crippen molar-refractivity contribution in [2.75, 3.05) is 31.8 Å². The van der Waals surface area contributed by atoms with Gasteiger partial charge >= 0.3 is 5.97 Å². The number of hydrogen-bond donors (Lipinski definition) is 4. The molecular formula is C17H20N4O7S2. The zero-order chi connectivity index (χ0) is 21.7. The molecule has 4 aliphatic heterocycles. The average Bonchev–Trinajstić information content (AvgIpc) is 2.75. The van der Waals surface area contributed by atoms with Crippen LogP contribution in [0.5, 0.6) is 0 Å². The van der Waals surface area contributed by atoms with Crippen LogP contribution in [0.15, 0.2) is 22.5 Å². The third-order valence-electron chi connectivity index (χ3n) is 5.35. The third kappa shape index (κ3) is 3.03. The fourth-order valence-electron chi connectivity index (χ4n) is 3.90. The number of nitrogens with zero attached hydrogens (tertiary/aromatic N) is 2. The van der Waals surface area contributed by atoms with Gasteiger partial charge < -0.3 is 26.0 Å². The number of hydrogen-bond acceptors (Lipinski definition) is 9. The Morgan fingerprint density at radius 1 is 1.13 bits per heavy atom. The number of aliphatic carboxylic acids is 1. The summed E-state index contributed by atoms with van der Waals surface area (Å²) in [5.74, 6) is -2.16. The molecule has 4 atom stereocenters. The van der Waals surface area contributed by atoms with Crippen molar-refractivity contribution in [1.29, 1.82) is 0 Å². The van der Waals surface area contributed by atoms with Crippen LogP contribution < -0.4 is 11.1 Å². The van der Waals surface area contributed by atoms with E-state index in [2.05, 4.69) is 5.32 Å². The number of nitrogens with two attached hydrogens (primary N) is 1. The quantitative estimate of drug-likeness (QED) is 0.324. The second-order valence-corrected chi connectivity index (χ2v) is 9.31. The highest BCUT2D eigenvalue weighted by atomic mass is 32.2. The largest absolute Gasteiger partial charge is 0.477 e. The van der Waals surface area contributed by atoms with Crippen molar-refractivity contribution in [3.8, 4) is 0 Å². The second-order valence-electron chi connectivity index (χ2n) is 7.10. The molecule has 2 saturated heterocycles. The third-order valence-corrected chi connectivity index (χ3v) is 8.05. The molecule has 0 bridgehead atoms. The number of β-lactam (4-membered cyclic amide) rings is 2. The maximum Gasteiger partial charge on any atom is 0.352 e. The van der Waals surface area contributed by atoms with Gasteiger partial charge in [-0.25, -0.2) is 4.79 Å². The molecule has 162 valence electrons. The van der Waals surface area contributed by atoms with E-state index in [0.717, 1.165) is 4.90 Å². The lowest BCUT2D eigenvalue weighted by molar-refractivity contribution is -0.151. The van der Waals surface area contributed by atoms with Crippen LogP contribution in [-0.2, 0) is 23.9 Å². The Kier molecular flexibility index (Phi) is 5.57. The van der Waals surface area contributed by atoms with Gasteiger partial charge in [-0.05, 0) is 11.1 Å². The minimum absolute atomic E-state index is 0.143. The SMILES string of the molecule is COCC1=C(C(=O)NC2C(=O)N3C(C(=O)O)=C(CO)CS[C@H]23)N2C(=O)C(N)[C@H]2SC1. The Morgan fingerprint density at radius 3 is 2.40 bits per heavy atom. The van der Waals surface area contributed by atoms with Gasteiger partial charge in [0.25, 0.3) is 11.8 Å². The summed E-state index contributed by atoms with van der Waals surface area (Å²) in [6.07, 6.45) is 0. The first kappa shape index (κ1) is 21.2.